The summed E-state index contributed by atoms with van der Waals surface area (Å²) in [5, 5.41) is 9.46. The summed E-state index contributed by atoms with van der Waals surface area (Å²) >= 11 is 2.27. The van der Waals surface area contributed by atoms with Crippen molar-refractivity contribution in [1.29, 1.82) is 0 Å². The molecule has 4 heteroatoms. The molecule has 2 heterocycles. The molecule has 0 saturated heterocycles. The van der Waals surface area contributed by atoms with Gasteiger partial charge in [0, 0.05) is 21.5 Å². The van der Waals surface area contributed by atoms with Crippen LogP contribution < -0.4 is 0 Å². The second-order valence-corrected chi connectivity index (χ2v) is 5.03. The Balaban J connectivity index is 2.18. The second-order valence-electron chi connectivity index (χ2n) is 3.79. The first-order chi connectivity index (χ1) is 8.22. The van der Waals surface area contributed by atoms with Crippen LogP contribution in [-0.2, 0) is 0 Å². The molecule has 1 aromatic carbocycles. The molecule has 3 aromatic rings. The Bertz CT molecular complexity index is 691. The van der Waals surface area contributed by atoms with Crippen LogP contribution in [0.4, 0.5) is 0 Å². The number of rotatable bonds is 1. The molecular formula is C13H9IN2O. The van der Waals surface area contributed by atoms with Crippen molar-refractivity contribution in [2.45, 2.75) is 0 Å². The van der Waals surface area contributed by atoms with E-state index in [0.717, 1.165) is 20.5 Å². The highest BCUT2D eigenvalue weighted by Crippen LogP contribution is 2.23. The summed E-state index contributed by atoms with van der Waals surface area (Å²) in [6, 6.07) is 11.1. The van der Waals surface area contributed by atoms with E-state index in [2.05, 4.69) is 27.6 Å². The lowest BCUT2D eigenvalue weighted by molar-refractivity contribution is 0.475. The molecule has 0 spiro atoms. The van der Waals surface area contributed by atoms with Crippen LogP contribution >= 0.6 is 22.6 Å². The molecule has 0 saturated carbocycles. The molecule has 2 aromatic heterocycles. The third kappa shape index (κ3) is 2.00. The van der Waals surface area contributed by atoms with Gasteiger partial charge in [0.1, 0.15) is 11.4 Å². The van der Waals surface area contributed by atoms with Gasteiger partial charge in [-0.15, -0.1) is 0 Å². The van der Waals surface area contributed by atoms with E-state index < -0.39 is 0 Å². The maximum Gasteiger partial charge on any atom is 0.137 e. The van der Waals surface area contributed by atoms with Crippen LogP contribution in [-0.4, -0.2) is 14.5 Å². The van der Waals surface area contributed by atoms with Crippen LogP contribution in [0.3, 0.4) is 0 Å². The fraction of sp³-hybridized carbons (Fsp3) is 0. The number of pyridine rings is 1. The van der Waals surface area contributed by atoms with Crippen molar-refractivity contribution >= 4 is 28.2 Å². The lowest BCUT2D eigenvalue weighted by Crippen LogP contribution is -1.82. The van der Waals surface area contributed by atoms with Gasteiger partial charge in [-0.1, -0.05) is 12.1 Å². The van der Waals surface area contributed by atoms with E-state index in [4.69, 9.17) is 0 Å². The minimum atomic E-state index is 0.258. The standard InChI is InChI=1S/C13H9IN2O/c14-10-4-5-13-15-12(8-16(13)7-10)9-2-1-3-11(17)6-9/h1-8,17H. The van der Waals surface area contributed by atoms with Gasteiger partial charge >= 0.3 is 0 Å². The smallest absolute Gasteiger partial charge is 0.137 e. The number of benzene rings is 1. The first-order valence-corrected chi connectivity index (χ1v) is 6.24. The van der Waals surface area contributed by atoms with Crippen LogP contribution in [0.5, 0.6) is 5.75 Å². The summed E-state index contributed by atoms with van der Waals surface area (Å²) in [7, 11) is 0. The second kappa shape index (κ2) is 4.03. The Kier molecular flexibility index (Phi) is 2.51. The normalized spacial score (nSPS) is 10.9. The first kappa shape index (κ1) is 10.6. The fourth-order valence-electron chi connectivity index (χ4n) is 1.77. The predicted octanol–water partition coefficient (Wildman–Crippen LogP) is 3.31. The molecule has 17 heavy (non-hydrogen) atoms. The van der Waals surface area contributed by atoms with Crippen LogP contribution in [0.1, 0.15) is 0 Å². The van der Waals surface area contributed by atoms with Crippen molar-refractivity contribution in [3.05, 3.63) is 52.4 Å². The molecule has 0 bridgehead atoms. The summed E-state index contributed by atoms with van der Waals surface area (Å²) in [5.74, 6) is 0.258. The topological polar surface area (TPSA) is 37.5 Å². The Morgan fingerprint density at radius 1 is 1.12 bits per heavy atom. The maximum absolute atomic E-state index is 9.46. The van der Waals surface area contributed by atoms with Crippen LogP contribution in [0.25, 0.3) is 16.9 Å². The Morgan fingerprint density at radius 3 is 2.82 bits per heavy atom. The van der Waals surface area contributed by atoms with Crippen molar-refractivity contribution in [2.24, 2.45) is 0 Å². The Morgan fingerprint density at radius 2 is 2.00 bits per heavy atom. The molecule has 0 fully saturated rings. The molecule has 0 amide bonds. The summed E-state index contributed by atoms with van der Waals surface area (Å²) < 4.78 is 3.15. The number of phenols is 1. The lowest BCUT2D eigenvalue weighted by atomic mass is 10.2. The summed E-state index contributed by atoms with van der Waals surface area (Å²) in [6.07, 6.45) is 3.99. The van der Waals surface area contributed by atoms with Gasteiger partial charge in [-0.3, -0.25) is 0 Å². The van der Waals surface area contributed by atoms with E-state index in [1.54, 1.807) is 12.1 Å². The number of phenolic OH excluding ortho intramolecular Hbond substituents is 1. The van der Waals surface area contributed by atoms with E-state index in [-0.39, 0.29) is 5.75 Å². The van der Waals surface area contributed by atoms with E-state index in [1.807, 2.05) is 41.1 Å². The minimum absolute atomic E-state index is 0.258. The number of aromatic hydroxyl groups is 1. The van der Waals surface area contributed by atoms with E-state index in [1.165, 1.54) is 0 Å². The first-order valence-electron chi connectivity index (χ1n) is 5.16. The molecule has 0 radical (unpaired) electrons. The number of imidazole rings is 1. The van der Waals surface area contributed by atoms with E-state index in [0.29, 0.717) is 0 Å². The van der Waals surface area contributed by atoms with Gasteiger partial charge < -0.3 is 9.51 Å². The SMILES string of the molecule is Oc1cccc(-c2cn3cc(I)ccc3n2)c1. The van der Waals surface area contributed by atoms with Gasteiger partial charge in [-0.2, -0.15) is 0 Å². The minimum Gasteiger partial charge on any atom is -0.508 e. The van der Waals surface area contributed by atoms with Crippen molar-refractivity contribution in [1.82, 2.24) is 9.38 Å². The summed E-state index contributed by atoms with van der Waals surface area (Å²) in [4.78, 5) is 4.51. The van der Waals surface area contributed by atoms with Gasteiger partial charge in [-0.25, -0.2) is 4.98 Å². The van der Waals surface area contributed by atoms with Crippen molar-refractivity contribution in [3.8, 4) is 17.0 Å². The summed E-state index contributed by atoms with van der Waals surface area (Å²) in [5.41, 5.74) is 2.69. The van der Waals surface area contributed by atoms with Gasteiger partial charge in [0.2, 0.25) is 0 Å². The lowest BCUT2D eigenvalue weighted by Gasteiger charge is -1.96. The van der Waals surface area contributed by atoms with Gasteiger partial charge in [-0.05, 0) is 46.9 Å². The third-order valence-electron chi connectivity index (χ3n) is 2.56. The van der Waals surface area contributed by atoms with E-state index in [9.17, 15) is 5.11 Å². The van der Waals surface area contributed by atoms with Crippen LogP contribution in [0.15, 0.2) is 48.8 Å². The number of halogens is 1. The average molecular weight is 336 g/mol. The van der Waals surface area contributed by atoms with Gasteiger partial charge in [0.05, 0.1) is 5.69 Å². The highest BCUT2D eigenvalue weighted by Gasteiger charge is 2.04. The highest BCUT2D eigenvalue weighted by molar-refractivity contribution is 14.1. The molecule has 0 aliphatic rings. The number of nitrogens with zero attached hydrogens (tertiary/aromatic N) is 2. The maximum atomic E-state index is 9.46. The monoisotopic (exact) mass is 336 g/mol. The Hall–Kier alpha value is -1.56. The molecule has 0 aliphatic carbocycles. The third-order valence-corrected chi connectivity index (χ3v) is 3.19. The molecule has 84 valence electrons. The predicted molar refractivity (Wildman–Crippen MR) is 75.0 cm³/mol. The van der Waals surface area contributed by atoms with Crippen molar-refractivity contribution in [3.63, 3.8) is 0 Å². The number of hydrogen-bond acceptors (Lipinski definition) is 2. The number of fused-ring (bicyclic) bond motifs is 1. The molecule has 3 nitrogen and oxygen atoms in total. The van der Waals surface area contributed by atoms with Crippen molar-refractivity contribution in [2.75, 3.05) is 0 Å². The van der Waals surface area contributed by atoms with E-state index >= 15 is 0 Å². The molecule has 0 unspecified atom stereocenters. The zero-order valence-electron chi connectivity index (χ0n) is 8.84. The highest BCUT2D eigenvalue weighted by atomic mass is 127. The number of aromatic nitrogens is 2. The fourth-order valence-corrected chi connectivity index (χ4v) is 2.25. The average Bonchev–Trinajstić information content (AvgIpc) is 2.72. The zero-order chi connectivity index (χ0) is 11.8. The largest absolute Gasteiger partial charge is 0.508 e. The van der Waals surface area contributed by atoms with Gasteiger partial charge in [0.15, 0.2) is 0 Å². The molecular weight excluding hydrogens is 327 g/mol. The molecule has 0 atom stereocenters. The molecule has 0 aliphatic heterocycles. The molecule has 3 rings (SSSR count). The number of hydrogen-bond donors (Lipinski definition) is 1. The van der Waals surface area contributed by atoms with Crippen molar-refractivity contribution < 1.29 is 5.11 Å². The Labute approximate surface area is 112 Å². The van der Waals surface area contributed by atoms with Gasteiger partial charge in [0.25, 0.3) is 0 Å². The quantitative estimate of drug-likeness (QED) is 0.693. The zero-order valence-corrected chi connectivity index (χ0v) is 11.0. The molecule has 1 N–H and O–H groups in total. The van der Waals surface area contributed by atoms with Crippen LogP contribution in [0.2, 0.25) is 0 Å². The van der Waals surface area contributed by atoms with Crippen LogP contribution in [0, 0.1) is 3.57 Å². The summed E-state index contributed by atoms with van der Waals surface area (Å²) in [6.45, 7) is 0.